The molecule has 39 heavy (non-hydrogen) atoms. The van der Waals surface area contributed by atoms with E-state index in [-0.39, 0.29) is 0 Å². The first-order valence-corrected chi connectivity index (χ1v) is 14.0. The second-order valence-corrected chi connectivity index (χ2v) is 10.4. The SMILES string of the molecule is COCCOCC#CB(C#CCOCCOC)n1c(C)cc(C)c1/C(=C1\N=C(C)C=C1C)c1ccc(I)cc1. The summed E-state index contributed by atoms with van der Waals surface area (Å²) >= 11 is 2.34. The van der Waals surface area contributed by atoms with Crippen molar-refractivity contribution in [2.45, 2.75) is 27.7 Å². The van der Waals surface area contributed by atoms with Crippen LogP contribution in [0.1, 0.15) is 36.4 Å². The van der Waals surface area contributed by atoms with Gasteiger partial charge in [0.25, 0.3) is 0 Å². The van der Waals surface area contributed by atoms with Crippen molar-refractivity contribution in [3.05, 3.63) is 73.8 Å². The third-order valence-corrected chi connectivity index (χ3v) is 6.78. The first-order chi connectivity index (χ1) is 18.9. The molecule has 0 saturated heterocycles. The van der Waals surface area contributed by atoms with E-state index in [1.807, 2.05) is 6.92 Å². The minimum Gasteiger partial charge on any atom is -0.382 e. The fraction of sp³-hybridized carbons (Fsp3) is 0.387. The zero-order valence-electron chi connectivity index (χ0n) is 23.7. The van der Waals surface area contributed by atoms with Crippen LogP contribution in [0.5, 0.6) is 0 Å². The number of aryl methyl sites for hydroxylation is 2. The van der Waals surface area contributed by atoms with Gasteiger partial charge in [0.1, 0.15) is 13.2 Å². The predicted octanol–water partition coefficient (Wildman–Crippen LogP) is 5.14. The van der Waals surface area contributed by atoms with E-state index in [0.29, 0.717) is 39.6 Å². The molecule has 0 fully saturated rings. The lowest BCUT2D eigenvalue weighted by Crippen LogP contribution is -2.26. The minimum atomic E-state index is -0.402. The number of rotatable bonds is 11. The summed E-state index contributed by atoms with van der Waals surface area (Å²) in [6.07, 6.45) is 2.13. The molecule has 0 atom stereocenters. The summed E-state index contributed by atoms with van der Waals surface area (Å²) in [4.78, 5) is 4.96. The van der Waals surface area contributed by atoms with Gasteiger partial charge in [0.2, 0.25) is 0 Å². The molecule has 0 saturated carbocycles. The fourth-order valence-electron chi connectivity index (χ4n) is 4.37. The highest BCUT2D eigenvalue weighted by Gasteiger charge is 2.26. The van der Waals surface area contributed by atoms with Crippen LogP contribution in [-0.4, -0.2) is 70.9 Å². The second-order valence-electron chi connectivity index (χ2n) is 9.13. The first kappa shape index (κ1) is 30.9. The number of methoxy groups -OCH3 is 2. The molecular formula is C31H36BIN2O4. The highest BCUT2D eigenvalue weighted by atomic mass is 127. The Hall–Kier alpha value is -2.60. The molecule has 3 rings (SSSR count). The Kier molecular flexibility index (Phi) is 12.6. The van der Waals surface area contributed by atoms with Crippen LogP contribution in [0.4, 0.5) is 0 Å². The van der Waals surface area contributed by atoms with Gasteiger partial charge in [0, 0.05) is 40.5 Å². The largest absolute Gasteiger partial charge is 0.433 e. The summed E-state index contributed by atoms with van der Waals surface area (Å²) in [5.41, 5.74) is 8.55. The average molecular weight is 638 g/mol. The van der Waals surface area contributed by atoms with Crippen LogP contribution in [0.15, 0.2) is 52.7 Å². The molecule has 0 bridgehead atoms. The molecule has 204 valence electrons. The molecule has 2 heterocycles. The van der Waals surface area contributed by atoms with Gasteiger partial charge in [0.15, 0.2) is 0 Å². The molecule has 0 amide bonds. The smallest absolute Gasteiger partial charge is 0.382 e. The minimum absolute atomic E-state index is 0.302. The van der Waals surface area contributed by atoms with E-state index in [0.717, 1.165) is 45.1 Å². The Bertz CT molecular complexity index is 1320. The van der Waals surface area contributed by atoms with Crippen LogP contribution in [-0.2, 0) is 18.9 Å². The Balaban J connectivity index is 2.13. The van der Waals surface area contributed by atoms with Gasteiger partial charge in [-0.15, -0.1) is 11.6 Å². The molecule has 6 nitrogen and oxygen atoms in total. The molecule has 8 heteroatoms. The molecule has 0 radical (unpaired) electrons. The van der Waals surface area contributed by atoms with E-state index in [9.17, 15) is 0 Å². The normalized spacial score (nSPS) is 13.7. The summed E-state index contributed by atoms with van der Waals surface area (Å²) in [6.45, 7) is 10.6. The van der Waals surface area contributed by atoms with Crippen LogP contribution in [0.25, 0.3) is 5.57 Å². The van der Waals surface area contributed by atoms with E-state index in [2.05, 4.69) is 108 Å². The van der Waals surface area contributed by atoms with Gasteiger partial charge in [-0.1, -0.05) is 24.0 Å². The van der Waals surface area contributed by atoms with Crippen molar-refractivity contribution in [2.24, 2.45) is 4.99 Å². The number of nitrogens with zero attached hydrogens (tertiary/aromatic N) is 2. The van der Waals surface area contributed by atoms with Gasteiger partial charge < -0.3 is 23.4 Å². The van der Waals surface area contributed by atoms with E-state index >= 15 is 0 Å². The van der Waals surface area contributed by atoms with Crippen LogP contribution in [0.3, 0.4) is 0 Å². The Morgan fingerprint density at radius 3 is 2.00 bits per heavy atom. The zero-order valence-corrected chi connectivity index (χ0v) is 25.8. The van der Waals surface area contributed by atoms with E-state index in [1.54, 1.807) is 14.2 Å². The molecule has 0 spiro atoms. The lowest BCUT2D eigenvalue weighted by molar-refractivity contribution is 0.0877. The van der Waals surface area contributed by atoms with Crippen molar-refractivity contribution < 1.29 is 18.9 Å². The topological polar surface area (TPSA) is 54.2 Å². The third-order valence-electron chi connectivity index (χ3n) is 6.06. The first-order valence-electron chi connectivity index (χ1n) is 12.9. The van der Waals surface area contributed by atoms with Crippen LogP contribution < -0.4 is 0 Å². The van der Waals surface area contributed by atoms with Crippen LogP contribution in [0, 0.1) is 40.9 Å². The average Bonchev–Trinajstić information content (AvgIpc) is 3.39. The summed E-state index contributed by atoms with van der Waals surface area (Å²) in [7, 11) is 3.31. The molecule has 2 aromatic rings. The molecule has 0 aliphatic carbocycles. The molecular weight excluding hydrogens is 602 g/mol. The van der Waals surface area contributed by atoms with Crippen molar-refractivity contribution >= 4 is 40.7 Å². The van der Waals surface area contributed by atoms with Gasteiger partial charge in [0.05, 0.1) is 32.1 Å². The molecule has 1 aromatic heterocycles. The molecule has 1 aliphatic rings. The van der Waals surface area contributed by atoms with Crippen molar-refractivity contribution in [3.8, 4) is 23.5 Å². The van der Waals surface area contributed by atoms with Crippen LogP contribution in [0.2, 0.25) is 0 Å². The highest BCUT2D eigenvalue weighted by molar-refractivity contribution is 14.1. The van der Waals surface area contributed by atoms with E-state index in [1.165, 1.54) is 3.57 Å². The Morgan fingerprint density at radius 2 is 1.49 bits per heavy atom. The summed E-state index contributed by atoms with van der Waals surface area (Å²) in [5.74, 6) is 13.1. The summed E-state index contributed by atoms with van der Waals surface area (Å²) in [6, 6.07) is 10.8. The second kappa shape index (κ2) is 15.9. The fourth-order valence-corrected chi connectivity index (χ4v) is 4.73. The van der Waals surface area contributed by atoms with Gasteiger partial charge in [-0.05, 0) is 91.3 Å². The molecule has 0 unspecified atom stereocenters. The van der Waals surface area contributed by atoms with Gasteiger partial charge in [-0.2, -0.15) is 0 Å². The number of halogens is 1. The lowest BCUT2D eigenvalue weighted by Gasteiger charge is -2.19. The Labute approximate surface area is 247 Å². The third kappa shape index (κ3) is 8.70. The maximum absolute atomic E-state index is 5.60. The van der Waals surface area contributed by atoms with Crippen molar-refractivity contribution in [3.63, 3.8) is 0 Å². The Morgan fingerprint density at radius 1 is 0.897 bits per heavy atom. The molecule has 0 N–H and O–H groups in total. The number of ether oxygens (including phenoxy) is 4. The summed E-state index contributed by atoms with van der Waals surface area (Å²) in [5, 5.41) is 0. The monoisotopic (exact) mass is 638 g/mol. The number of allylic oxidation sites excluding steroid dienone is 2. The van der Waals surface area contributed by atoms with Crippen LogP contribution >= 0.6 is 22.6 Å². The van der Waals surface area contributed by atoms with Crippen molar-refractivity contribution in [2.75, 3.05) is 53.9 Å². The highest BCUT2D eigenvalue weighted by Crippen LogP contribution is 2.37. The number of aliphatic imine (C=N–C) groups is 1. The lowest BCUT2D eigenvalue weighted by atomic mass is 9.63. The number of aromatic nitrogens is 1. The predicted molar refractivity (Wildman–Crippen MR) is 168 cm³/mol. The van der Waals surface area contributed by atoms with E-state index < -0.39 is 6.85 Å². The maximum atomic E-state index is 5.60. The number of hydrogen-bond acceptors (Lipinski definition) is 5. The quantitative estimate of drug-likeness (QED) is 0.148. The van der Waals surface area contributed by atoms with Crippen molar-refractivity contribution in [1.82, 2.24) is 4.48 Å². The molecule has 1 aromatic carbocycles. The van der Waals surface area contributed by atoms with Gasteiger partial charge in [-0.25, -0.2) is 0 Å². The number of hydrogen-bond donors (Lipinski definition) is 0. The zero-order chi connectivity index (χ0) is 28.2. The number of benzene rings is 1. The standard InChI is InChI=1S/C31H36BIN2O4/c1-23-21-25(3)34-30(23)29(27-9-11-28(33)12-10-27)31-24(2)22-26(4)35(31)32(13-7-15-38-19-17-36-5)14-8-16-39-20-18-37-6/h9-12,21-22H,15-20H2,1-6H3/b30-29-. The van der Waals surface area contributed by atoms with Gasteiger partial charge in [-0.3, -0.25) is 4.99 Å². The molecule has 1 aliphatic heterocycles. The summed E-state index contributed by atoms with van der Waals surface area (Å²) < 4.78 is 24.7. The maximum Gasteiger partial charge on any atom is 0.433 e. The van der Waals surface area contributed by atoms with Crippen molar-refractivity contribution in [1.29, 1.82) is 0 Å². The van der Waals surface area contributed by atoms with E-state index in [4.69, 9.17) is 23.9 Å². The van der Waals surface area contributed by atoms with Gasteiger partial charge >= 0.3 is 6.85 Å².